The monoisotopic (exact) mass is 245 g/mol. The topological polar surface area (TPSA) is 41.3 Å². The molecular formula is C14H19N3O. The minimum absolute atomic E-state index is 0.777. The van der Waals surface area contributed by atoms with Gasteiger partial charge in [-0.05, 0) is 44.5 Å². The lowest BCUT2D eigenvalue weighted by atomic mass is 9.97. The van der Waals surface area contributed by atoms with Gasteiger partial charge in [0.25, 0.3) is 6.01 Å². The van der Waals surface area contributed by atoms with Gasteiger partial charge in [-0.25, -0.2) is 0 Å². The summed E-state index contributed by atoms with van der Waals surface area (Å²) < 4.78 is 5.80. The fraction of sp³-hybridized carbons (Fsp3) is 0.500. The lowest BCUT2D eigenvalue weighted by Gasteiger charge is -2.30. The first-order valence-corrected chi connectivity index (χ1v) is 6.62. The average molecular weight is 245 g/mol. The van der Waals surface area contributed by atoms with Gasteiger partial charge in [0.2, 0.25) is 0 Å². The van der Waals surface area contributed by atoms with E-state index in [0.29, 0.717) is 0 Å². The van der Waals surface area contributed by atoms with E-state index in [0.717, 1.165) is 42.7 Å². The lowest BCUT2D eigenvalue weighted by molar-refractivity contribution is 0.380. The number of aromatic nitrogens is 1. The van der Waals surface area contributed by atoms with Crippen molar-refractivity contribution in [1.82, 2.24) is 10.3 Å². The largest absolute Gasteiger partial charge is 0.423 e. The van der Waals surface area contributed by atoms with Crippen molar-refractivity contribution in [3.63, 3.8) is 0 Å². The number of hydrogen-bond donors (Lipinski definition) is 1. The third-order valence-corrected chi connectivity index (χ3v) is 3.66. The first kappa shape index (κ1) is 11.5. The summed E-state index contributed by atoms with van der Waals surface area (Å²) in [5, 5.41) is 3.26. The first-order valence-electron chi connectivity index (χ1n) is 6.62. The molecule has 0 radical (unpaired) electrons. The standard InChI is InChI=1S/C14H19N3O/c1-15-10-11-6-8-17(9-7-11)14-16-12-4-2-3-5-13(12)18-14/h2-5,11,15H,6-10H2,1H3. The molecule has 96 valence electrons. The van der Waals surface area contributed by atoms with Crippen molar-refractivity contribution in [1.29, 1.82) is 0 Å². The molecule has 4 nitrogen and oxygen atoms in total. The molecular weight excluding hydrogens is 226 g/mol. The second-order valence-corrected chi connectivity index (χ2v) is 4.95. The van der Waals surface area contributed by atoms with E-state index in [4.69, 9.17) is 4.42 Å². The Labute approximate surface area is 107 Å². The van der Waals surface area contributed by atoms with Gasteiger partial charge in [-0.1, -0.05) is 12.1 Å². The van der Waals surface area contributed by atoms with Crippen molar-refractivity contribution in [2.75, 3.05) is 31.6 Å². The number of nitrogens with one attached hydrogen (secondary N) is 1. The molecule has 0 saturated carbocycles. The molecule has 0 spiro atoms. The highest BCUT2D eigenvalue weighted by Crippen LogP contribution is 2.25. The van der Waals surface area contributed by atoms with E-state index in [1.54, 1.807) is 0 Å². The maximum Gasteiger partial charge on any atom is 0.298 e. The zero-order chi connectivity index (χ0) is 12.4. The normalized spacial score (nSPS) is 17.5. The summed E-state index contributed by atoms with van der Waals surface area (Å²) in [6, 6.07) is 8.72. The van der Waals surface area contributed by atoms with Crippen molar-refractivity contribution >= 4 is 17.1 Å². The quantitative estimate of drug-likeness (QED) is 0.900. The van der Waals surface area contributed by atoms with Gasteiger partial charge in [0.05, 0.1) is 0 Å². The van der Waals surface area contributed by atoms with E-state index in [2.05, 4.69) is 15.2 Å². The molecule has 18 heavy (non-hydrogen) atoms. The molecule has 2 aromatic rings. The summed E-state index contributed by atoms with van der Waals surface area (Å²) in [6.45, 7) is 3.19. The van der Waals surface area contributed by atoms with Crippen LogP contribution in [0.4, 0.5) is 6.01 Å². The average Bonchev–Trinajstić information content (AvgIpc) is 2.84. The minimum atomic E-state index is 0.777. The van der Waals surface area contributed by atoms with E-state index in [1.807, 2.05) is 31.3 Å². The molecule has 4 heteroatoms. The molecule has 1 aliphatic rings. The number of oxazole rings is 1. The van der Waals surface area contributed by atoms with Crippen LogP contribution >= 0.6 is 0 Å². The Kier molecular flexibility index (Phi) is 3.19. The summed E-state index contributed by atoms with van der Waals surface area (Å²) in [5.74, 6) is 0.788. The van der Waals surface area contributed by atoms with E-state index < -0.39 is 0 Å². The Hall–Kier alpha value is -1.55. The minimum Gasteiger partial charge on any atom is -0.423 e. The summed E-state index contributed by atoms with van der Waals surface area (Å²) in [5.41, 5.74) is 1.83. The van der Waals surface area contributed by atoms with Crippen molar-refractivity contribution in [3.05, 3.63) is 24.3 Å². The number of hydrogen-bond acceptors (Lipinski definition) is 4. The molecule has 0 atom stereocenters. The molecule has 2 heterocycles. The van der Waals surface area contributed by atoms with Crippen LogP contribution < -0.4 is 10.2 Å². The van der Waals surface area contributed by atoms with E-state index in [-0.39, 0.29) is 0 Å². The first-order chi connectivity index (χ1) is 8.86. The number of benzene rings is 1. The second-order valence-electron chi connectivity index (χ2n) is 4.95. The Balaban J connectivity index is 1.72. The van der Waals surface area contributed by atoms with Crippen molar-refractivity contribution in [2.24, 2.45) is 5.92 Å². The van der Waals surface area contributed by atoms with E-state index in [1.165, 1.54) is 12.8 Å². The molecule has 0 amide bonds. The van der Waals surface area contributed by atoms with Gasteiger partial charge < -0.3 is 14.6 Å². The fourth-order valence-electron chi connectivity index (χ4n) is 2.61. The fourth-order valence-corrected chi connectivity index (χ4v) is 2.61. The number of para-hydroxylation sites is 2. The predicted molar refractivity (Wildman–Crippen MR) is 72.9 cm³/mol. The Bertz CT molecular complexity index is 481. The van der Waals surface area contributed by atoms with Gasteiger partial charge in [0, 0.05) is 13.1 Å². The van der Waals surface area contributed by atoms with Crippen LogP contribution in [0.3, 0.4) is 0 Å². The van der Waals surface area contributed by atoms with Gasteiger partial charge in [-0.3, -0.25) is 0 Å². The zero-order valence-corrected chi connectivity index (χ0v) is 10.7. The van der Waals surface area contributed by atoms with Crippen LogP contribution in [-0.2, 0) is 0 Å². The molecule has 1 aliphatic heterocycles. The zero-order valence-electron chi connectivity index (χ0n) is 10.7. The molecule has 1 aromatic heterocycles. The maximum absolute atomic E-state index is 5.80. The van der Waals surface area contributed by atoms with Gasteiger partial charge in [-0.15, -0.1) is 0 Å². The lowest BCUT2D eigenvalue weighted by Crippen LogP contribution is -2.36. The Morgan fingerprint density at radius 2 is 2.11 bits per heavy atom. The SMILES string of the molecule is CNCC1CCN(c2nc3ccccc3o2)CC1. The van der Waals surface area contributed by atoms with E-state index >= 15 is 0 Å². The van der Waals surface area contributed by atoms with Gasteiger partial charge in [0.1, 0.15) is 5.52 Å². The van der Waals surface area contributed by atoms with Crippen LogP contribution in [0.25, 0.3) is 11.1 Å². The van der Waals surface area contributed by atoms with Crippen molar-refractivity contribution in [3.8, 4) is 0 Å². The number of nitrogens with zero attached hydrogens (tertiary/aromatic N) is 2. The van der Waals surface area contributed by atoms with Crippen molar-refractivity contribution < 1.29 is 4.42 Å². The van der Waals surface area contributed by atoms with Gasteiger partial charge in [-0.2, -0.15) is 4.98 Å². The highest BCUT2D eigenvalue weighted by molar-refractivity contribution is 5.74. The number of anilines is 1. The van der Waals surface area contributed by atoms with Crippen LogP contribution in [0.2, 0.25) is 0 Å². The highest BCUT2D eigenvalue weighted by Gasteiger charge is 2.21. The van der Waals surface area contributed by atoms with Crippen LogP contribution in [-0.4, -0.2) is 31.7 Å². The summed E-state index contributed by atoms with van der Waals surface area (Å²) >= 11 is 0. The van der Waals surface area contributed by atoms with Crippen molar-refractivity contribution in [2.45, 2.75) is 12.8 Å². The van der Waals surface area contributed by atoms with Gasteiger partial charge in [0.15, 0.2) is 5.58 Å². The Morgan fingerprint density at radius 1 is 1.33 bits per heavy atom. The molecule has 1 saturated heterocycles. The Morgan fingerprint density at radius 3 is 2.83 bits per heavy atom. The maximum atomic E-state index is 5.80. The smallest absolute Gasteiger partial charge is 0.298 e. The molecule has 1 N–H and O–H groups in total. The molecule has 0 bridgehead atoms. The molecule has 0 aliphatic carbocycles. The molecule has 0 unspecified atom stereocenters. The van der Waals surface area contributed by atoms with E-state index in [9.17, 15) is 0 Å². The number of rotatable bonds is 3. The van der Waals surface area contributed by atoms with Crippen LogP contribution in [0.15, 0.2) is 28.7 Å². The third-order valence-electron chi connectivity index (χ3n) is 3.66. The predicted octanol–water partition coefficient (Wildman–Crippen LogP) is 2.26. The van der Waals surface area contributed by atoms with Crippen LogP contribution in [0.1, 0.15) is 12.8 Å². The summed E-state index contributed by atoms with van der Waals surface area (Å²) in [4.78, 5) is 6.81. The molecule has 3 rings (SSSR count). The number of fused-ring (bicyclic) bond motifs is 1. The molecule has 1 aromatic carbocycles. The highest BCUT2D eigenvalue weighted by atomic mass is 16.4. The van der Waals surface area contributed by atoms with Crippen LogP contribution in [0.5, 0.6) is 0 Å². The second kappa shape index (κ2) is 4.98. The molecule has 1 fully saturated rings. The van der Waals surface area contributed by atoms with Gasteiger partial charge >= 0.3 is 0 Å². The summed E-state index contributed by atoms with van der Waals surface area (Å²) in [6.07, 6.45) is 2.42. The van der Waals surface area contributed by atoms with Crippen LogP contribution in [0, 0.1) is 5.92 Å². The third kappa shape index (κ3) is 2.20. The summed E-state index contributed by atoms with van der Waals surface area (Å²) in [7, 11) is 2.02. The number of piperidine rings is 1.